The van der Waals surface area contributed by atoms with Gasteiger partial charge in [0.05, 0.1) is 4.92 Å². The lowest BCUT2D eigenvalue weighted by Gasteiger charge is -2.57. The van der Waals surface area contributed by atoms with Crippen molar-refractivity contribution in [1.29, 1.82) is 0 Å². The van der Waals surface area contributed by atoms with Crippen LogP contribution in [0.4, 0.5) is 5.69 Å². The third-order valence-corrected chi connectivity index (χ3v) is 9.53. The van der Waals surface area contributed by atoms with Crippen LogP contribution in [-0.4, -0.2) is 54.9 Å². The molecule has 4 aliphatic carbocycles. The van der Waals surface area contributed by atoms with E-state index in [4.69, 9.17) is 0 Å². The Balaban J connectivity index is 1.21. The van der Waals surface area contributed by atoms with Crippen LogP contribution in [0.2, 0.25) is 0 Å². The van der Waals surface area contributed by atoms with Gasteiger partial charge in [0, 0.05) is 42.4 Å². The number of benzene rings is 1. The van der Waals surface area contributed by atoms with Crippen molar-refractivity contribution in [2.45, 2.75) is 61.8 Å². The van der Waals surface area contributed by atoms with Crippen LogP contribution in [0.25, 0.3) is 0 Å². The fourth-order valence-corrected chi connectivity index (χ4v) is 8.09. The van der Waals surface area contributed by atoms with E-state index >= 15 is 0 Å². The Kier molecular flexibility index (Phi) is 5.69. The summed E-state index contributed by atoms with van der Waals surface area (Å²) in [4.78, 5) is 37.9. The van der Waals surface area contributed by atoms with E-state index in [1.807, 2.05) is 0 Å². The minimum Gasteiger partial charge on any atom is -0.350 e. The topological polar surface area (TPSA) is 127 Å². The molecular formula is C24H31N3O6S. The maximum atomic E-state index is 13.1. The largest absolute Gasteiger partial charge is 0.350 e. The quantitative estimate of drug-likeness (QED) is 0.500. The molecule has 1 heterocycles. The standard InChI is InChI=1S/C24H31N3O6S/c1-34(32,33)21-3-2-19(11-20(21)27(30)31)23(29)26-6-4-18(5-7-26)22(28)25-24-12-15-8-16(13-24)10-17(9-15)14-24/h2-3,11,15-18H,4-10,12-14H2,1H3,(H,25,28). The average Bonchev–Trinajstić information content (AvgIpc) is 2.76. The molecule has 5 aliphatic rings. The van der Waals surface area contributed by atoms with E-state index in [0.717, 1.165) is 55.4 Å². The molecule has 6 rings (SSSR count). The van der Waals surface area contributed by atoms with Crippen LogP contribution >= 0.6 is 0 Å². The first kappa shape index (κ1) is 23.3. The number of nitro benzene ring substituents is 1. The smallest absolute Gasteiger partial charge is 0.288 e. The SMILES string of the molecule is CS(=O)(=O)c1ccc(C(=O)N2CCC(C(=O)NC34CC5CC(CC(C5)C3)C4)CC2)cc1[N+](=O)[O-]. The lowest BCUT2D eigenvalue weighted by molar-refractivity contribution is -0.387. The van der Waals surface area contributed by atoms with Crippen molar-refractivity contribution in [3.05, 3.63) is 33.9 Å². The van der Waals surface area contributed by atoms with Crippen molar-refractivity contribution >= 4 is 27.3 Å². The number of carbonyl (C=O) groups excluding carboxylic acids is 2. The number of rotatable bonds is 5. The molecule has 1 aromatic rings. The van der Waals surface area contributed by atoms with Gasteiger partial charge in [-0.3, -0.25) is 19.7 Å². The normalized spacial score (nSPS) is 30.9. The molecule has 2 amide bonds. The van der Waals surface area contributed by atoms with E-state index in [1.165, 1.54) is 25.3 Å². The number of nitro groups is 1. The monoisotopic (exact) mass is 489 g/mol. The molecule has 0 atom stereocenters. The first-order valence-electron chi connectivity index (χ1n) is 12.1. The molecule has 184 valence electrons. The summed E-state index contributed by atoms with van der Waals surface area (Å²) in [6.45, 7) is 0.777. The maximum Gasteiger partial charge on any atom is 0.288 e. The van der Waals surface area contributed by atoms with E-state index in [1.54, 1.807) is 4.90 Å². The highest BCUT2D eigenvalue weighted by molar-refractivity contribution is 7.90. The number of amides is 2. The highest BCUT2D eigenvalue weighted by Crippen LogP contribution is 2.55. The summed E-state index contributed by atoms with van der Waals surface area (Å²) in [7, 11) is -3.79. The van der Waals surface area contributed by atoms with Crippen molar-refractivity contribution in [1.82, 2.24) is 10.2 Å². The Labute approximate surface area is 199 Å². The maximum absolute atomic E-state index is 13.1. The molecule has 10 heteroatoms. The van der Waals surface area contributed by atoms with Gasteiger partial charge in [0.2, 0.25) is 5.91 Å². The third-order valence-electron chi connectivity index (χ3n) is 8.38. The summed E-state index contributed by atoms with van der Waals surface area (Å²) < 4.78 is 23.7. The van der Waals surface area contributed by atoms with Gasteiger partial charge in [-0.2, -0.15) is 0 Å². The Hall–Kier alpha value is -2.49. The van der Waals surface area contributed by atoms with Crippen LogP contribution in [-0.2, 0) is 14.6 Å². The second-order valence-electron chi connectivity index (χ2n) is 11.0. The summed E-state index contributed by atoms with van der Waals surface area (Å²) in [5.41, 5.74) is -0.548. The van der Waals surface area contributed by atoms with Crippen LogP contribution in [0.5, 0.6) is 0 Å². The van der Waals surface area contributed by atoms with Gasteiger partial charge < -0.3 is 10.2 Å². The van der Waals surface area contributed by atoms with E-state index in [0.29, 0.717) is 25.9 Å². The van der Waals surface area contributed by atoms with Crippen LogP contribution in [0.3, 0.4) is 0 Å². The summed E-state index contributed by atoms with van der Waals surface area (Å²) in [6, 6.07) is 3.47. The minimum absolute atomic E-state index is 0.0287. The Morgan fingerprint density at radius 3 is 2.12 bits per heavy atom. The highest BCUT2D eigenvalue weighted by atomic mass is 32.2. The van der Waals surface area contributed by atoms with Gasteiger partial charge in [-0.05, 0) is 81.3 Å². The van der Waals surface area contributed by atoms with Crippen molar-refractivity contribution in [2.24, 2.45) is 23.7 Å². The molecule has 5 fully saturated rings. The van der Waals surface area contributed by atoms with E-state index in [2.05, 4.69) is 5.32 Å². The lowest BCUT2D eigenvalue weighted by atomic mass is 9.53. The molecule has 4 saturated carbocycles. The fraction of sp³-hybridized carbons (Fsp3) is 0.667. The van der Waals surface area contributed by atoms with Gasteiger partial charge in [-0.25, -0.2) is 8.42 Å². The van der Waals surface area contributed by atoms with Gasteiger partial charge in [-0.15, -0.1) is 0 Å². The van der Waals surface area contributed by atoms with Crippen molar-refractivity contribution in [3.63, 3.8) is 0 Å². The number of likely N-dealkylation sites (tertiary alicyclic amines) is 1. The first-order chi connectivity index (χ1) is 16.0. The lowest BCUT2D eigenvalue weighted by Crippen LogP contribution is -2.61. The van der Waals surface area contributed by atoms with Gasteiger partial charge >= 0.3 is 0 Å². The van der Waals surface area contributed by atoms with Gasteiger partial charge in [0.1, 0.15) is 4.90 Å². The molecule has 0 unspecified atom stereocenters. The van der Waals surface area contributed by atoms with Gasteiger partial charge in [0.15, 0.2) is 9.84 Å². The molecule has 0 aromatic heterocycles. The minimum atomic E-state index is -3.79. The van der Waals surface area contributed by atoms with Crippen molar-refractivity contribution in [3.8, 4) is 0 Å². The van der Waals surface area contributed by atoms with Crippen LogP contribution in [0, 0.1) is 33.8 Å². The molecule has 0 radical (unpaired) electrons. The molecular weight excluding hydrogens is 458 g/mol. The zero-order valence-electron chi connectivity index (χ0n) is 19.4. The second kappa shape index (κ2) is 8.32. The Morgan fingerprint density at radius 2 is 1.62 bits per heavy atom. The number of sulfone groups is 1. The molecule has 1 saturated heterocycles. The predicted molar refractivity (Wildman–Crippen MR) is 124 cm³/mol. The fourth-order valence-electron chi connectivity index (χ4n) is 7.26. The third kappa shape index (κ3) is 4.32. The van der Waals surface area contributed by atoms with E-state index in [-0.39, 0.29) is 28.8 Å². The summed E-state index contributed by atoms with van der Waals surface area (Å²) in [5.74, 6) is 1.83. The zero-order valence-corrected chi connectivity index (χ0v) is 20.2. The summed E-state index contributed by atoms with van der Waals surface area (Å²) in [5, 5.41) is 14.8. The van der Waals surface area contributed by atoms with Gasteiger partial charge in [0.25, 0.3) is 11.6 Å². The molecule has 34 heavy (non-hydrogen) atoms. The predicted octanol–water partition coefficient (Wildman–Crippen LogP) is 2.94. The van der Waals surface area contributed by atoms with Crippen LogP contribution in [0.1, 0.15) is 61.7 Å². The van der Waals surface area contributed by atoms with Crippen LogP contribution in [0.15, 0.2) is 23.1 Å². The molecule has 1 N–H and O–H groups in total. The number of nitrogens with one attached hydrogen (secondary N) is 1. The zero-order chi connectivity index (χ0) is 24.3. The van der Waals surface area contributed by atoms with E-state index in [9.17, 15) is 28.1 Å². The van der Waals surface area contributed by atoms with E-state index < -0.39 is 25.3 Å². The number of carbonyl (C=O) groups is 2. The van der Waals surface area contributed by atoms with Gasteiger partial charge in [-0.1, -0.05) is 0 Å². The number of hydrogen-bond donors (Lipinski definition) is 1. The molecule has 9 nitrogen and oxygen atoms in total. The second-order valence-corrected chi connectivity index (χ2v) is 12.9. The van der Waals surface area contributed by atoms with Crippen molar-refractivity contribution in [2.75, 3.05) is 19.3 Å². The van der Waals surface area contributed by atoms with Crippen molar-refractivity contribution < 1.29 is 22.9 Å². The number of piperidine rings is 1. The molecule has 4 bridgehead atoms. The Bertz CT molecular complexity index is 1100. The molecule has 0 spiro atoms. The highest BCUT2D eigenvalue weighted by Gasteiger charge is 2.52. The van der Waals surface area contributed by atoms with Crippen LogP contribution < -0.4 is 5.32 Å². The first-order valence-corrected chi connectivity index (χ1v) is 14.0. The average molecular weight is 490 g/mol. The summed E-state index contributed by atoms with van der Waals surface area (Å²) >= 11 is 0. The number of nitrogens with zero attached hydrogens (tertiary/aromatic N) is 2. The molecule has 1 aliphatic heterocycles. The number of hydrogen-bond acceptors (Lipinski definition) is 6. The summed E-state index contributed by atoms with van der Waals surface area (Å²) in [6.07, 6.45) is 9.26. The Morgan fingerprint density at radius 1 is 1.06 bits per heavy atom. The molecule has 1 aromatic carbocycles.